The van der Waals surface area contributed by atoms with E-state index >= 15 is 0 Å². The zero-order chi connectivity index (χ0) is 12.0. The molecule has 17 heavy (non-hydrogen) atoms. The fourth-order valence-corrected chi connectivity index (χ4v) is 2.41. The summed E-state index contributed by atoms with van der Waals surface area (Å²) in [5, 5.41) is 7.17. The molecule has 0 radical (unpaired) electrons. The maximum Gasteiger partial charge on any atom is 0.195 e. The van der Waals surface area contributed by atoms with Gasteiger partial charge in [0.2, 0.25) is 0 Å². The first-order chi connectivity index (χ1) is 8.09. The Kier molecular flexibility index (Phi) is 2.19. The lowest BCUT2D eigenvalue weighted by atomic mass is 10.2. The molecule has 4 nitrogen and oxygen atoms in total. The van der Waals surface area contributed by atoms with Gasteiger partial charge >= 0.3 is 0 Å². The number of aromatic amines is 1. The number of hydrogen-bond donors (Lipinski definition) is 1. The van der Waals surface area contributed by atoms with Gasteiger partial charge in [-0.2, -0.15) is 5.10 Å². The summed E-state index contributed by atoms with van der Waals surface area (Å²) in [5.41, 5.74) is 1.17. The van der Waals surface area contributed by atoms with Crippen LogP contribution in [0, 0.1) is 10.2 Å². The van der Waals surface area contributed by atoms with Gasteiger partial charge in [0.05, 0.1) is 0 Å². The predicted octanol–water partition coefficient (Wildman–Crippen LogP) is 2.97. The molecule has 1 unspecified atom stereocenters. The molecule has 0 bridgehead atoms. The van der Waals surface area contributed by atoms with Crippen molar-refractivity contribution in [2.24, 2.45) is 5.41 Å². The summed E-state index contributed by atoms with van der Waals surface area (Å²) in [7, 11) is 0. The van der Waals surface area contributed by atoms with Gasteiger partial charge < -0.3 is 0 Å². The van der Waals surface area contributed by atoms with Gasteiger partial charge in [0.25, 0.3) is 0 Å². The molecule has 1 aliphatic carbocycles. The van der Waals surface area contributed by atoms with Crippen molar-refractivity contribution in [3.05, 3.63) is 29.2 Å². The molecule has 0 aliphatic heterocycles. The summed E-state index contributed by atoms with van der Waals surface area (Å²) in [6, 6.07) is 6.25. The van der Waals surface area contributed by atoms with Crippen LogP contribution in [0.5, 0.6) is 0 Å². The van der Waals surface area contributed by atoms with Gasteiger partial charge in [-0.3, -0.25) is 14.6 Å². The van der Waals surface area contributed by atoms with E-state index in [1.807, 2.05) is 18.2 Å². The summed E-state index contributed by atoms with van der Waals surface area (Å²) in [6.45, 7) is 4.49. The SMILES string of the molecule is CC1(C)CC1n1c(-c2ccccn2)n[nH]c1=S. The number of aromatic nitrogens is 4. The molecule has 0 aromatic carbocycles. The van der Waals surface area contributed by atoms with E-state index in [-0.39, 0.29) is 0 Å². The lowest BCUT2D eigenvalue weighted by molar-refractivity contribution is 0.539. The Bertz CT molecular complexity index is 596. The third-order valence-corrected chi connectivity index (χ3v) is 3.66. The van der Waals surface area contributed by atoms with Crippen LogP contribution in [0.2, 0.25) is 0 Å². The largest absolute Gasteiger partial charge is 0.295 e. The van der Waals surface area contributed by atoms with E-state index in [2.05, 4.69) is 33.6 Å². The minimum atomic E-state index is 0.311. The monoisotopic (exact) mass is 246 g/mol. The number of nitrogens with one attached hydrogen (secondary N) is 1. The highest BCUT2D eigenvalue weighted by atomic mass is 32.1. The highest BCUT2D eigenvalue weighted by molar-refractivity contribution is 7.71. The molecule has 5 heteroatoms. The second-order valence-electron chi connectivity index (χ2n) is 5.15. The van der Waals surface area contributed by atoms with Crippen molar-refractivity contribution in [2.75, 3.05) is 0 Å². The van der Waals surface area contributed by atoms with Crippen LogP contribution in [0.15, 0.2) is 24.4 Å². The van der Waals surface area contributed by atoms with Crippen molar-refractivity contribution >= 4 is 12.2 Å². The van der Waals surface area contributed by atoms with Crippen molar-refractivity contribution in [1.29, 1.82) is 0 Å². The highest BCUT2D eigenvalue weighted by Gasteiger charge is 2.48. The molecule has 1 atom stereocenters. The van der Waals surface area contributed by atoms with Crippen LogP contribution in [0.1, 0.15) is 26.3 Å². The Morgan fingerprint density at radius 2 is 2.24 bits per heavy atom. The van der Waals surface area contributed by atoms with Gasteiger partial charge in [-0.05, 0) is 36.2 Å². The first kappa shape index (κ1) is 10.7. The van der Waals surface area contributed by atoms with Crippen LogP contribution in [0.3, 0.4) is 0 Å². The third-order valence-electron chi connectivity index (χ3n) is 3.37. The Hall–Kier alpha value is -1.49. The average Bonchev–Trinajstić information content (AvgIpc) is 2.77. The van der Waals surface area contributed by atoms with Crippen LogP contribution in [0.25, 0.3) is 11.5 Å². The molecular formula is C12H14N4S. The van der Waals surface area contributed by atoms with E-state index in [1.165, 1.54) is 0 Å². The summed E-state index contributed by atoms with van der Waals surface area (Å²) in [6.07, 6.45) is 2.91. The number of hydrogen-bond acceptors (Lipinski definition) is 3. The molecule has 0 spiro atoms. The molecule has 1 N–H and O–H groups in total. The van der Waals surface area contributed by atoms with E-state index in [4.69, 9.17) is 12.2 Å². The first-order valence-electron chi connectivity index (χ1n) is 5.68. The molecular weight excluding hydrogens is 232 g/mol. The van der Waals surface area contributed by atoms with Gasteiger partial charge in [-0.15, -0.1) is 0 Å². The number of pyridine rings is 1. The quantitative estimate of drug-likeness (QED) is 0.829. The molecule has 1 saturated carbocycles. The minimum absolute atomic E-state index is 0.311. The van der Waals surface area contributed by atoms with E-state index < -0.39 is 0 Å². The molecule has 1 fully saturated rings. The third kappa shape index (κ3) is 1.70. The van der Waals surface area contributed by atoms with Crippen LogP contribution >= 0.6 is 12.2 Å². The summed E-state index contributed by atoms with van der Waals surface area (Å²) in [4.78, 5) is 4.33. The summed E-state index contributed by atoms with van der Waals surface area (Å²) >= 11 is 5.31. The fraction of sp³-hybridized carbons (Fsp3) is 0.417. The van der Waals surface area contributed by atoms with Gasteiger partial charge in [0, 0.05) is 12.2 Å². The van der Waals surface area contributed by atoms with Crippen LogP contribution in [-0.4, -0.2) is 19.7 Å². The van der Waals surface area contributed by atoms with Gasteiger partial charge in [-0.1, -0.05) is 19.9 Å². The van der Waals surface area contributed by atoms with E-state index in [1.54, 1.807) is 6.20 Å². The topological polar surface area (TPSA) is 46.5 Å². The number of nitrogens with zero attached hydrogens (tertiary/aromatic N) is 3. The summed E-state index contributed by atoms with van der Waals surface area (Å²) in [5.74, 6) is 0.839. The standard InChI is InChI=1S/C12H14N4S/c1-12(2)7-9(12)16-10(14-15-11(16)17)8-5-3-4-6-13-8/h3-6,9H,7H2,1-2H3,(H,15,17). The lowest BCUT2D eigenvalue weighted by Gasteiger charge is -2.07. The molecule has 2 heterocycles. The average molecular weight is 246 g/mol. The van der Waals surface area contributed by atoms with Crippen molar-refractivity contribution in [2.45, 2.75) is 26.3 Å². The molecule has 1 aliphatic rings. The second kappa shape index (κ2) is 3.50. The molecule has 0 saturated heterocycles. The molecule has 88 valence electrons. The fourth-order valence-electron chi connectivity index (χ4n) is 2.15. The normalized spacial score (nSPS) is 21.4. The molecule has 2 aromatic rings. The number of rotatable bonds is 2. The van der Waals surface area contributed by atoms with Crippen LogP contribution in [0.4, 0.5) is 0 Å². The van der Waals surface area contributed by atoms with Crippen molar-refractivity contribution in [1.82, 2.24) is 19.7 Å². The van der Waals surface area contributed by atoms with Crippen molar-refractivity contribution < 1.29 is 0 Å². The van der Waals surface area contributed by atoms with E-state index in [9.17, 15) is 0 Å². The van der Waals surface area contributed by atoms with Crippen LogP contribution < -0.4 is 0 Å². The smallest absolute Gasteiger partial charge is 0.195 e. The van der Waals surface area contributed by atoms with Gasteiger partial charge in [0.15, 0.2) is 10.6 Å². The van der Waals surface area contributed by atoms with Gasteiger partial charge in [0.1, 0.15) is 5.69 Å². The maximum atomic E-state index is 5.31. The van der Waals surface area contributed by atoms with E-state index in [0.29, 0.717) is 16.2 Å². The van der Waals surface area contributed by atoms with Crippen LogP contribution in [-0.2, 0) is 0 Å². The summed E-state index contributed by atoms with van der Waals surface area (Å²) < 4.78 is 2.78. The Labute approximate surface area is 105 Å². The molecule has 0 amide bonds. The first-order valence-corrected chi connectivity index (χ1v) is 6.09. The Morgan fingerprint density at radius 3 is 2.82 bits per heavy atom. The molecule has 3 rings (SSSR count). The minimum Gasteiger partial charge on any atom is -0.295 e. The zero-order valence-corrected chi connectivity index (χ0v) is 10.7. The van der Waals surface area contributed by atoms with Gasteiger partial charge in [-0.25, -0.2) is 0 Å². The predicted molar refractivity (Wildman–Crippen MR) is 68.1 cm³/mol. The van der Waals surface area contributed by atoms with Crippen molar-refractivity contribution in [3.8, 4) is 11.5 Å². The lowest BCUT2D eigenvalue weighted by Crippen LogP contribution is -2.03. The number of H-pyrrole nitrogens is 1. The second-order valence-corrected chi connectivity index (χ2v) is 5.53. The molecule has 2 aromatic heterocycles. The Morgan fingerprint density at radius 1 is 1.47 bits per heavy atom. The Balaban J connectivity index is 2.11. The van der Waals surface area contributed by atoms with Crippen molar-refractivity contribution in [3.63, 3.8) is 0 Å². The zero-order valence-electron chi connectivity index (χ0n) is 9.84. The maximum absolute atomic E-state index is 5.31. The van der Waals surface area contributed by atoms with E-state index in [0.717, 1.165) is 17.9 Å². The highest BCUT2D eigenvalue weighted by Crippen LogP contribution is 2.56.